The van der Waals surface area contributed by atoms with Gasteiger partial charge in [0.25, 0.3) is 0 Å². The van der Waals surface area contributed by atoms with Gasteiger partial charge in [-0.1, -0.05) is 6.92 Å². The molecule has 1 saturated carbocycles. The van der Waals surface area contributed by atoms with Crippen molar-refractivity contribution < 1.29 is 9.53 Å². The van der Waals surface area contributed by atoms with Gasteiger partial charge in [0.1, 0.15) is 0 Å². The Balaban J connectivity index is 1.67. The maximum atomic E-state index is 12.2. The van der Waals surface area contributed by atoms with Gasteiger partial charge in [-0.25, -0.2) is 0 Å². The number of hydrogen-bond donors (Lipinski definition) is 1. The van der Waals surface area contributed by atoms with Gasteiger partial charge in [0.05, 0.1) is 6.10 Å². The van der Waals surface area contributed by atoms with Crippen LogP contribution < -0.4 is 5.73 Å². The van der Waals surface area contributed by atoms with E-state index in [1.54, 1.807) is 0 Å². The quantitative estimate of drug-likeness (QED) is 0.729. The molecule has 0 bridgehead atoms. The van der Waals surface area contributed by atoms with Gasteiger partial charge >= 0.3 is 0 Å². The van der Waals surface area contributed by atoms with Crippen LogP contribution in [-0.2, 0) is 9.53 Å². The van der Waals surface area contributed by atoms with Crippen LogP contribution in [-0.4, -0.2) is 43.2 Å². The van der Waals surface area contributed by atoms with Crippen molar-refractivity contribution in [3.05, 3.63) is 0 Å². The highest BCUT2D eigenvalue weighted by Gasteiger charge is 2.35. The smallest absolute Gasteiger partial charge is 0.225 e. The van der Waals surface area contributed by atoms with Crippen LogP contribution in [0.25, 0.3) is 0 Å². The molecule has 18 heavy (non-hydrogen) atoms. The number of carbonyl (C=O) groups excluding carboxylic acids is 1. The van der Waals surface area contributed by atoms with Crippen molar-refractivity contribution in [1.29, 1.82) is 0 Å². The van der Waals surface area contributed by atoms with E-state index in [1.807, 2.05) is 4.90 Å². The predicted molar refractivity (Wildman–Crippen MR) is 71.1 cm³/mol. The summed E-state index contributed by atoms with van der Waals surface area (Å²) in [5.74, 6) is 1.26. The summed E-state index contributed by atoms with van der Waals surface area (Å²) in [6.07, 6.45) is 5.70. The Hall–Kier alpha value is -0.610. The molecule has 2 rings (SSSR count). The minimum absolute atomic E-state index is 0.236. The highest BCUT2D eigenvalue weighted by Crippen LogP contribution is 2.37. The molecule has 0 aromatic rings. The van der Waals surface area contributed by atoms with E-state index < -0.39 is 0 Å². The van der Waals surface area contributed by atoms with E-state index in [-0.39, 0.29) is 5.92 Å². The highest BCUT2D eigenvalue weighted by molar-refractivity contribution is 5.79. The van der Waals surface area contributed by atoms with Gasteiger partial charge in [0.2, 0.25) is 5.91 Å². The van der Waals surface area contributed by atoms with Crippen molar-refractivity contribution in [2.75, 3.05) is 26.2 Å². The topological polar surface area (TPSA) is 55.6 Å². The Kier molecular flexibility index (Phi) is 5.01. The molecule has 0 aromatic carbocycles. The second-order valence-electron chi connectivity index (χ2n) is 5.66. The Bertz CT molecular complexity index is 271. The second kappa shape index (κ2) is 6.53. The summed E-state index contributed by atoms with van der Waals surface area (Å²) < 4.78 is 5.75. The molecule has 1 unspecified atom stereocenters. The number of nitrogens with two attached hydrogens (primary N) is 1. The standard InChI is InChI=1S/C14H26N2O2/c1-11(12-3-4-12)14(17)16-8-5-13(6-9-16)18-10-2-7-15/h11-13H,2-10,15H2,1H3. The lowest BCUT2D eigenvalue weighted by Crippen LogP contribution is -2.43. The van der Waals surface area contributed by atoms with Crippen LogP contribution in [0.4, 0.5) is 0 Å². The van der Waals surface area contributed by atoms with Gasteiger partial charge in [-0.2, -0.15) is 0 Å². The van der Waals surface area contributed by atoms with Gasteiger partial charge in [0, 0.05) is 25.6 Å². The molecule has 104 valence electrons. The molecule has 1 aliphatic heterocycles. The average Bonchev–Trinajstić information content (AvgIpc) is 3.22. The maximum Gasteiger partial charge on any atom is 0.225 e. The van der Waals surface area contributed by atoms with Gasteiger partial charge in [-0.3, -0.25) is 4.79 Å². The SMILES string of the molecule is CC(C(=O)N1CCC(OCCCN)CC1)C1CC1. The number of carbonyl (C=O) groups is 1. The normalized spacial score (nSPS) is 23.1. The van der Waals surface area contributed by atoms with E-state index >= 15 is 0 Å². The first-order chi connectivity index (χ1) is 8.72. The van der Waals surface area contributed by atoms with Crippen molar-refractivity contribution in [3.63, 3.8) is 0 Å². The van der Waals surface area contributed by atoms with Crippen LogP contribution in [0.2, 0.25) is 0 Å². The van der Waals surface area contributed by atoms with Crippen molar-refractivity contribution in [2.45, 2.75) is 45.1 Å². The summed E-state index contributed by atoms with van der Waals surface area (Å²) >= 11 is 0. The third kappa shape index (κ3) is 3.69. The average molecular weight is 254 g/mol. The number of likely N-dealkylation sites (tertiary alicyclic amines) is 1. The zero-order valence-electron chi connectivity index (χ0n) is 11.4. The summed E-state index contributed by atoms with van der Waals surface area (Å²) in [5.41, 5.74) is 5.44. The third-order valence-corrected chi connectivity index (χ3v) is 4.17. The minimum atomic E-state index is 0.236. The van der Waals surface area contributed by atoms with Crippen molar-refractivity contribution in [1.82, 2.24) is 4.90 Å². The first kappa shape index (κ1) is 13.8. The molecule has 1 amide bonds. The van der Waals surface area contributed by atoms with E-state index in [1.165, 1.54) is 12.8 Å². The zero-order valence-corrected chi connectivity index (χ0v) is 11.4. The van der Waals surface area contributed by atoms with Crippen LogP contribution in [0.3, 0.4) is 0 Å². The lowest BCUT2D eigenvalue weighted by molar-refractivity contribution is -0.138. The summed E-state index contributed by atoms with van der Waals surface area (Å²) in [4.78, 5) is 14.2. The number of ether oxygens (including phenoxy) is 1. The number of hydrogen-bond acceptors (Lipinski definition) is 3. The van der Waals surface area contributed by atoms with Crippen LogP contribution in [0.5, 0.6) is 0 Å². The van der Waals surface area contributed by atoms with E-state index in [9.17, 15) is 4.79 Å². The highest BCUT2D eigenvalue weighted by atomic mass is 16.5. The zero-order chi connectivity index (χ0) is 13.0. The maximum absolute atomic E-state index is 12.2. The molecule has 2 N–H and O–H groups in total. The minimum Gasteiger partial charge on any atom is -0.378 e. The predicted octanol–water partition coefficient (Wildman–Crippen LogP) is 1.39. The van der Waals surface area contributed by atoms with Gasteiger partial charge in [-0.15, -0.1) is 0 Å². The summed E-state index contributed by atoms with van der Waals surface area (Å²) in [5, 5.41) is 0. The Morgan fingerprint density at radius 1 is 1.33 bits per heavy atom. The van der Waals surface area contributed by atoms with E-state index in [0.29, 0.717) is 24.5 Å². The Morgan fingerprint density at radius 2 is 2.00 bits per heavy atom. The third-order valence-electron chi connectivity index (χ3n) is 4.17. The molecule has 2 fully saturated rings. The fraction of sp³-hybridized carbons (Fsp3) is 0.929. The number of rotatable bonds is 6. The molecule has 4 heteroatoms. The molecule has 1 saturated heterocycles. The van der Waals surface area contributed by atoms with Crippen LogP contribution in [0, 0.1) is 11.8 Å². The van der Waals surface area contributed by atoms with E-state index in [0.717, 1.165) is 39.0 Å². The van der Waals surface area contributed by atoms with Crippen molar-refractivity contribution >= 4 is 5.91 Å². The number of nitrogens with zero attached hydrogens (tertiary/aromatic N) is 1. The lowest BCUT2D eigenvalue weighted by Gasteiger charge is -2.33. The number of piperidine rings is 1. The summed E-state index contributed by atoms with van der Waals surface area (Å²) in [7, 11) is 0. The second-order valence-corrected chi connectivity index (χ2v) is 5.66. The first-order valence-electron chi connectivity index (χ1n) is 7.33. The van der Waals surface area contributed by atoms with Crippen molar-refractivity contribution in [2.24, 2.45) is 17.6 Å². The Morgan fingerprint density at radius 3 is 2.56 bits per heavy atom. The summed E-state index contributed by atoms with van der Waals surface area (Å²) in [6.45, 7) is 5.26. The van der Waals surface area contributed by atoms with Crippen molar-refractivity contribution in [3.8, 4) is 0 Å². The molecule has 0 aromatic heterocycles. The molecule has 1 heterocycles. The van der Waals surface area contributed by atoms with E-state index in [2.05, 4.69) is 6.92 Å². The molecular weight excluding hydrogens is 228 g/mol. The Labute approximate surface area is 110 Å². The first-order valence-corrected chi connectivity index (χ1v) is 7.33. The van der Waals surface area contributed by atoms with Crippen LogP contribution in [0.1, 0.15) is 39.0 Å². The fourth-order valence-electron chi connectivity index (χ4n) is 2.66. The molecule has 1 aliphatic carbocycles. The van der Waals surface area contributed by atoms with Gasteiger partial charge in [-0.05, 0) is 44.6 Å². The fourth-order valence-corrected chi connectivity index (χ4v) is 2.66. The monoisotopic (exact) mass is 254 g/mol. The van der Waals surface area contributed by atoms with Gasteiger partial charge in [0.15, 0.2) is 0 Å². The van der Waals surface area contributed by atoms with Crippen LogP contribution >= 0.6 is 0 Å². The summed E-state index contributed by atoms with van der Waals surface area (Å²) in [6, 6.07) is 0. The largest absolute Gasteiger partial charge is 0.378 e. The molecule has 2 aliphatic rings. The molecule has 0 spiro atoms. The number of amides is 1. The molecule has 0 radical (unpaired) electrons. The lowest BCUT2D eigenvalue weighted by atomic mass is 10.0. The van der Waals surface area contributed by atoms with E-state index in [4.69, 9.17) is 10.5 Å². The van der Waals surface area contributed by atoms with Gasteiger partial charge < -0.3 is 15.4 Å². The molecule has 1 atom stereocenters. The van der Waals surface area contributed by atoms with Crippen LogP contribution in [0.15, 0.2) is 0 Å². The molecular formula is C14H26N2O2. The molecule has 4 nitrogen and oxygen atoms in total.